The third kappa shape index (κ3) is 357000. The first-order valence-corrected chi connectivity index (χ1v) is 1.60. The zero-order chi connectivity index (χ0) is 3.58. The molecule has 0 unspecified atom stereocenters. The molecule has 0 atom stereocenters. The van der Waals surface area contributed by atoms with Crippen LogP contribution in [-0.2, 0) is 11.4 Å². The highest BCUT2D eigenvalue weighted by Gasteiger charge is 1.62. The molecule has 0 bridgehead atoms. The summed E-state index contributed by atoms with van der Waals surface area (Å²) < 4.78 is 22.8. The molecule has 42 valence electrons. The van der Waals surface area contributed by atoms with Gasteiger partial charge in [0.05, 0.1) is 0 Å². The van der Waals surface area contributed by atoms with Crippen molar-refractivity contribution in [2.75, 3.05) is 0 Å². The molecule has 0 aromatic carbocycles. The molecule has 0 saturated carbocycles. The predicted molar refractivity (Wildman–Crippen MR) is 22.0 cm³/mol. The maximum atomic E-state index is 8.67. The summed E-state index contributed by atoms with van der Waals surface area (Å²) in [6.45, 7) is 0. The number of hydrogen-bond acceptors (Lipinski definition) is 2. The lowest BCUT2D eigenvalue weighted by Gasteiger charge is -1.59. The van der Waals surface area contributed by atoms with Crippen LogP contribution in [0.4, 0.5) is 0 Å². The lowest BCUT2D eigenvalue weighted by atomic mass is 14.0. The van der Waals surface area contributed by atoms with Gasteiger partial charge in [0.25, 0.3) is 11.4 Å². The molecule has 0 aromatic rings. The van der Waals surface area contributed by atoms with Gasteiger partial charge in [-0.3, -0.25) is 9.11 Å². The van der Waals surface area contributed by atoms with E-state index in [9.17, 15) is 0 Å². The Bertz CT molecular complexity index is 30.5. The summed E-state index contributed by atoms with van der Waals surface area (Å²) in [5, 5.41) is 0. The maximum Gasteiger partial charge on any atom is 0.299 e. The van der Waals surface area contributed by atoms with Crippen molar-refractivity contribution >= 4 is 11.4 Å². The van der Waals surface area contributed by atoms with Crippen LogP contribution in [-0.4, -0.2) is 18.8 Å². The fourth-order valence-corrected chi connectivity index (χ4v) is 0. The normalized spacial score (nSPS) is 5.83. The average Bonchev–Trinajstić information content (AvgIpc) is 0.811. The maximum absolute atomic E-state index is 8.67. The number of rotatable bonds is 0. The molecule has 0 saturated heterocycles. The second-order valence-corrected chi connectivity index (χ2v) is 0.692. The Labute approximate surface area is 37.4 Å². The van der Waals surface area contributed by atoms with Crippen molar-refractivity contribution < 1.29 is 18.8 Å². The first-order valence-electron chi connectivity index (χ1n) is 0.532. The SMILES string of the molecule is N.O.O=S(O)O. The molecular weight excluding hydrogens is 110 g/mol. The molecule has 0 aromatic heterocycles. The van der Waals surface area contributed by atoms with Crippen LogP contribution in [0.15, 0.2) is 0 Å². The van der Waals surface area contributed by atoms with E-state index in [4.69, 9.17) is 13.3 Å². The van der Waals surface area contributed by atoms with Gasteiger partial charge in [-0.1, -0.05) is 0 Å². The molecule has 7 N–H and O–H groups in total. The Morgan fingerprint density at radius 3 is 1.33 bits per heavy atom. The van der Waals surface area contributed by atoms with E-state index in [1.807, 2.05) is 0 Å². The molecule has 0 rings (SSSR count). The van der Waals surface area contributed by atoms with Crippen LogP contribution in [0.5, 0.6) is 0 Å². The van der Waals surface area contributed by atoms with E-state index in [0.717, 1.165) is 0 Å². The third-order valence-corrected chi connectivity index (χ3v) is 0. The molecular formula is H7NO4S. The summed E-state index contributed by atoms with van der Waals surface area (Å²) in [4.78, 5) is 0. The largest absolute Gasteiger partial charge is 0.412 e. The Balaban J connectivity index is -0.0000000450. The molecule has 0 amide bonds. The fourth-order valence-electron chi connectivity index (χ4n) is 0. The van der Waals surface area contributed by atoms with E-state index < -0.39 is 11.4 Å². The minimum absolute atomic E-state index is 0. The van der Waals surface area contributed by atoms with Gasteiger partial charge in [-0.25, -0.2) is 0 Å². The second-order valence-electron chi connectivity index (χ2n) is 0.231. The lowest BCUT2D eigenvalue weighted by Crippen LogP contribution is -1.74. The van der Waals surface area contributed by atoms with Crippen molar-refractivity contribution in [2.24, 2.45) is 0 Å². The highest BCUT2D eigenvalue weighted by Crippen LogP contribution is 1.44. The molecule has 0 heterocycles. The van der Waals surface area contributed by atoms with E-state index in [-0.39, 0.29) is 11.6 Å². The zero-order valence-corrected chi connectivity index (χ0v) is 3.73. The van der Waals surface area contributed by atoms with Gasteiger partial charge >= 0.3 is 0 Å². The first kappa shape index (κ1) is 16.7. The molecule has 5 nitrogen and oxygen atoms in total. The van der Waals surface area contributed by atoms with Crippen molar-refractivity contribution in [3.63, 3.8) is 0 Å². The van der Waals surface area contributed by atoms with Gasteiger partial charge in [-0.05, 0) is 0 Å². The van der Waals surface area contributed by atoms with Crippen LogP contribution in [0, 0.1) is 0 Å². The third-order valence-electron chi connectivity index (χ3n) is 0. The van der Waals surface area contributed by atoms with E-state index in [0.29, 0.717) is 0 Å². The summed E-state index contributed by atoms with van der Waals surface area (Å²) >= 11 is -2.61. The van der Waals surface area contributed by atoms with Crippen molar-refractivity contribution in [1.82, 2.24) is 6.15 Å². The molecule has 0 aliphatic carbocycles. The van der Waals surface area contributed by atoms with Gasteiger partial charge in [0.2, 0.25) is 0 Å². The van der Waals surface area contributed by atoms with Crippen LogP contribution in [0.2, 0.25) is 0 Å². The minimum Gasteiger partial charge on any atom is -0.412 e. The topological polar surface area (TPSA) is 124 Å². The van der Waals surface area contributed by atoms with Crippen molar-refractivity contribution in [1.29, 1.82) is 0 Å². The van der Waals surface area contributed by atoms with E-state index >= 15 is 0 Å². The van der Waals surface area contributed by atoms with Crippen molar-refractivity contribution in [3.05, 3.63) is 0 Å². The highest BCUT2D eigenvalue weighted by atomic mass is 32.2. The number of hydrogen-bond donors (Lipinski definition) is 3. The van der Waals surface area contributed by atoms with Gasteiger partial charge in [-0.15, -0.1) is 0 Å². The Kier molecular flexibility index (Phi) is 24.7. The van der Waals surface area contributed by atoms with Crippen molar-refractivity contribution in [2.45, 2.75) is 0 Å². The standard InChI is InChI=1S/H3N.H2O3S.H2O/c;1-4(2)3;/h1H3;(H2,1,2,3);1H2. The van der Waals surface area contributed by atoms with Crippen LogP contribution in [0.3, 0.4) is 0 Å². The van der Waals surface area contributed by atoms with Crippen LogP contribution in [0.1, 0.15) is 0 Å². The molecule has 0 spiro atoms. The van der Waals surface area contributed by atoms with E-state index in [1.54, 1.807) is 0 Å². The Hall–Kier alpha value is -0.0100. The monoisotopic (exact) mass is 117 g/mol. The summed E-state index contributed by atoms with van der Waals surface area (Å²) in [5.74, 6) is 0. The summed E-state index contributed by atoms with van der Waals surface area (Å²) in [5.41, 5.74) is 0. The molecule has 6 heavy (non-hydrogen) atoms. The summed E-state index contributed by atoms with van der Waals surface area (Å²) in [6, 6.07) is 0. The molecule has 0 fully saturated rings. The van der Waals surface area contributed by atoms with Crippen LogP contribution in [0.25, 0.3) is 0 Å². The van der Waals surface area contributed by atoms with Gasteiger partial charge in [-0.2, -0.15) is 4.21 Å². The van der Waals surface area contributed by atoms with E-state index in [1.165, 1.54) is 0 Å². The fraction of sp³-hybridized carbons (Fsp3) is 0. The van der Waals surface area contributed by atoms with Gasteiger partial charge < -0.3 is 11.6 Å². The molecule has 0 aliphatic rings. The van der Waals surface area contributed by atoms with Crippen LogP contribution < -0.4 is 6.15 Å². The summed E-state index contributed by atoms with van der Waals surface area (Å²) in [7, 11) is 0. The second kappa shape index (κ2) is 8.89. The lowest BCUT2D eigenvalue weighted by molar-refractivity contribution is 0.454. The molecule has 0 aliphatic heterocycles. The van der Waals surface area contributed by atoms with Crippen molar-refractivity contribution in [3.8, 4) is 0 Å². The van der Waals surface area contributed by atoms with Gasteiger partial charge in [0.1, 0.15) is 0 Å². The molecule has 6 heteroatoms. The van der Waals surface area contributed by atoms with Gasteiger partial charge in [0, 0.05) is 0 Å². The quantitative estimate of drug-likeness (QED) is 0.352. The Morgan fingerprint density at radius 2 is 1.33 bits per heavy atom. The molecule has 0 radical (unpaired) electrons. The summed E-state index contributed by atoms with van der Waals surface area (Å²) in [6.07, 6.45) is 0. The van der Waals surface area contributed by atoms with Gasteiger partial charge in [0.15, 0.2) is 0 Å². The Morgan fingerprint density at radius 1 is 1.33 bits per heavy atom. The first-order chi connectivity index (χ1) is 1.73. The smallest absolute Gasteiger partial charge is 0.299 e. The highest BCUT2D eigenvalue weighted by molar-refractivity contribution is 7.73. The zero-order valence-electron chi connectivity index (χ0n) is 2.92. The minimum atomic E-state index is -2.61. The van der Waals surface area contributed by atoms with E-state index in [2.05, 4.69) is 0 Å². The average molecular weight is 117 g/mol. The van der Waals surface area contributed by atoms with Crippen LogP contribution >= 0.6 is 0 Å². The predicted octanol–water partition coefficient (Wildman–Crippen LogP) is -0.982.